The Morgan fingerprint density at radius 1 is 1.33 bits per heavy atom. The molecule has 0 bridgehead atoms. The topological polar surface area (TPSA) is 26.3 Å². The Bertz CT molecular complexity index is 449. The van der Waals surface area contributed by atoms with Crippen molar-refractivity contribution in [3.63, 3.8) is 0 Å². The zero-order chi connectivity index (χ0) is 13.4. The van der Waals surface area contributed by atoms with Crippen LogP contribution in [0.3, 0.4) is 0 Å². The van der Waals surface area contributed by atoms with E-state index >= 15 is 0 Å². The molecular weight excluding hydrogens is 306 g/mol. The van der Waals surface area contributed by atoms with Gasteiger partial charge in [-0.3, -0.25) is 4.79 Å². The van der Waals surface area contributed by atoms with Crippen molar-refractivity contribution < 1.29 is 18.3 Å². The Morgan fingerprint density at radius 3 is 2.33 bits per heavy atom. The first kappa shape index (κ1) is 13.5. The quantitative estimate of drug-likeness (QED) is 0.795. The first-order chi connectivity index (χ1) is 8.39. The maximum Gasteiger partial charge on any atom is 0.317 e. The van der Waals surface area contributed by atoms with Gasteiger partial charge in [0.05, 0.1) is 6.61 Å². The van der Waals surface area contributed by atoms with Gasteiger partial charge in [-0.05, 0) is 24.6 Å². The molecule has 2 rings (SSSR count). The van der Waals surface area contributed by atoms with Gasteiger partial charge in [-0.1, -0.05) is 28.1 Å². The fourth-order valence-corrected chi connectivity index (χ4v) is 2.60. The van der Waals surface area contributed by atoms with Gasteiger partial charge in [0.25, 0.3) is 5.92 Å². The second kappa shape index (κ2) is 4.61. The number of benzene rings is 1. The third-order valence-corrected chi connectivity index (χ3v) is 3.71. The number of esters is 1. The zero-order valence-corrected chi connectivity index (χ0v) is 11.5. The van der Waals surface area contributed by atoms with Crippen LogP contribution in [0.5, 0.6) is 0 Å². The average molecular weight is 319 g/mol. The minimum atomic E-state index is -2.78. The molecule has 1 aliphatic carbocycles. The molecule has 0 unspecified atom stereocenters. The molecule has 1 saturated carbocycles. The normalized spacial score (nSPS) is 20.0. The predicted molar refractivity (Wildman–Crippen MR) is 66.6 cm³/mol. The summed E-state index contributed by atoms with van der Waals surface area (Å²) in [6.07, 6.45) is -0.944. The standard InChI is InChI=1S/C13H13BrF2O2/c1-2-18-11(17)12(7-13(15,16)8-12)9-3-5-10(14)6-4-9/h3-6H,2,7-8H2,1H3. The first-order valence-electron chi connectivity index (χ1n) is 5.71. The maximum absolute atomic E-state index is 13.2. The summed E-state index contributed by atoms with van der Waals surface area (Å²) >= 11 is 3.28. The van der Waals surface area contributed by atoms with E-state index in [1.165, 1.54) is 0 Å². The van der Waals surface area contributed by atoms with Gasteiger partial charge in [-0.15, -0.1) is 0 Å². The Hall–Kier alpha value is -0.970. The van der Waals surface area contributed by atoms with E-state index in [1.807, 2.05) is 0 Å². The molecule has 5 heteroatoms. The molecule has 1 aromatic carbocycles. The minimum absolute atomic E-state index is 0.197. The maximum atomic E-state index is 13.2. The largest absolute Gasteiger partial charge is 0.465 e. The van der Waals surface area contributed by atoms with Gasteiger partial charge in [-0.2, -0.15) is 0 Å². The molecule has 1 fully saturated rings. The Kier molecular flexibility index (Phi) is 3.45. The first-order valence-corrected chi connectivity index (χ1v) is 6.50. The summed E-state index contributed by atoms with van der Waals surface area (Å²) in [4.78, 5) is 12.0. The van der Waals surface area contributed by atoms with Crippen LogP contribution in [-0.4, -0.2) is 18.5 Å². The summed E-state index contributed by atoms with van der Waals surface area (Å²) < 4.78 is 32.2. The second-order valence-corrected chi connectivity index (χ2v) is 5.43. The van der Waals surface area contributed by atoms with Gasteiger partial charge >= 0.3 is 5.97 Å². The molecule has 0 atom stereocenters. The van der Waals surface area contributed by atoms with Crippen LogP contribution in [-0.2, 0) is 14.9 Å². The van der Waals surface area contributed by atoms with Gasteiger partial charge < -0.3 is 4.74 Å². The summed E-state index contributed by atoms with van der Waals surface area (Å²) in [6, 6.07) is 6.87. The van der Waals surface area contributed by atoms with Gasteiger partial charge in [-0.25, -0.2) is 8.78 Å². The number of hydrogen-bond acceptors (Lipinski definition) is 2. The lowest BCUT2D eigenvalue weighted by atomic mass is 9.62. The van der Waals surface area contributed by atoms with Crippen molar-refractivity contribution in [2.45, 2.75) is 31.1 Å². The highest BCUT2D eigenvalue weighted by atomic mass is 79.9. The van der Waals surface area contributed by atoms with Crippen LogP contribution >= 0.6 is 15.9 Å². The van der Waals surface area contributed by atoms with Crippen molar-refractivity contribution in [3.05, 3.63) is 34.3 Å². The van der Waals surface area contributed by atoms with E-state index in [0.717, 1.165) is 4.47 Å². The summed E-state index contributed by atoms with van der Waals surface area (Å²) in [6.45, 7) is 1.87. The highest BCUT2D eigenvalue weighted by molar-refractivity contribution is 9.10. The fraction of sp³-hybridized carbons (Fsp3) is 0.462. The molecule has 0 heterocycles. The molecule has 0 N–H and O–H groups in total. The van der Waals surface area contributed by atoms with Crippen molar-refractivity contribution in [1.82, 2.24) is 0 Å². The SMILES string of the molecule is CCOC(=O)C1(c2ccc(Br)cc2)CC(F)(F)C1. The zero-order valence-electron chi connectivity index (χ0n) is 9.88. The molecule has 18 heavy (non-hydrogen) atoms. The lowest BCUT2D eigenvalue weighted by Crippen LogP contribution is -2.55. The highest BCUT2D eigenvalue weighted by Gasteiger charge is 2.62. The van der Waals surface area contributed by atoms with E-state index in [4.69, 9.17) is 4.74 Å². The van der Waals surface area contributed by atoms with E-state index in [1.54, 1.807) is 31.2 Å². The molecule has 98 valence electrons. The monoisotopic (exact) mass is 318 g/mol. The number of hydrogen-bond donors (Lipinski definition) is 0. The summed E-state index contributed by atoms with van der Waals surface area (Å²) in [7, 11) is 0. The van der Waals surface area contributed by atoms with E-state index in [-0.39, 0.29) is 6.61 Å². The molecule has 0 spiro atoms. The number of halogens is 3. The lowest BCUT2D eigenvalue weighted by Gasteiger charge is -2.45. The van der Waals surface area contributed by atoms with Gasteiger partial charge in [0.1, 0.15) is 5.41 Å². The number of alkyl halides is 2. The van der Waals surface area contributed by atoms with Crippen LogP contribution in [0.25, 0.3) is 0 Å². The number of ether oxygens (including phenoxy) is 1. The summed E-state index contributed by atoms with van der Waals surface area (Å²) in [5, 5.41) is 0. The van der Waals surface area contributed by atoms with E-state index in [9.17, 15) is 13.6 Å². The number of carbonyl (C=O) groups excluding carboxylic acids is 1. The summed E-state index contributed by atoms with van der Waals surface area (Å²) in [5.74, 6) is -3.34. The van der Waals surface area contributed by atoms with Crippen LogP contribution in [0.15, 0.2) is 28.7 Å². The number of rotatable bonds is 3. The van der Waals surface area contributed by atoms with Crippen LogP contribution < -0.4 is 0 Å². The van der Waals surface area contributed by atoms with E-state index in [2.05, 4.69) is 15.9 Å². The Balaban J connectivity index is 2.32. The van der Waals surface area contributed by atoms with Crippen molar-refractivity contribution in [2.24, 2.45) is 0 Å². The Labute approximate surface area is 112 Å². The van der Waals surface area contributed by atoms with Crippen LogP contribution in [0.2, 0.25) is 0 Å². The van der Waals surface area contributed by atoms with Crippen molar-refractivity contribution in [3.8, 4) is 0 Å². The molecule has 1 aliphatic rings. The fourth-order valence-electron chi connectivity index (χ4n) is 2.34. The van der Waals surface area contributed by atoms with E-state index in [0.29, 0.717) is 5.56 Å². The smallest absolute Gasteiger partial charge is 0.317 e. The Morgan fingerprint density at radius 2 is 1.89 bits per heavy atom. The molecule has 0 saturated heterocycles. The number of carbonyl (C=O) groups is 1. The van der Waals surface area contributed by atoms with Gasteiger partial charge in [0.15, 0.2) is 0 Å². The third kappa shape index (κ3) is 2.28. The molecular formula is C13H13BrF2O2. The predicted octanol–water partition coefficient (Wildman–Crippen LogP) is 3.68. The van der Waals surface area contributed by atoms with Gasteiger partial charge in [0, 0.05) is 17.3 Å². The van der Waals surface area contributed by atoms with Gasteiger partial charge in [0.2, 0.25) is 0 Å². The van der Waals surface area contributed by atoms with E-state index < -0.39 is 30.1 Å². The molecule has 0 aromatic heterocycles. The average Bonchev–Trinajstić information content (AvgIpc) is 2.26. The molecule has 0 aliphatic heterocycles. The van der Waals surface area contributed by atoms with Crippen LogP contribution in [0.4, 0.5) is 8.78 Å². The van der Waals surface area contributed by atoms with Crippen LogP contribution in [0, 0.1) is 0 Å². The van der Waals surface area contributed by atoms with Crippen molar-refractivity contribution >= 4 is 21.9 Å². The van der Waals surface area contributed by atoms with Crippen molar-refractivity contribution in [1.29, 1.82) is 0 Å². The second-order valence-electron chi connectivity index (χ2n) is 4.52. The lowest BCUT2D eigenvalue weighted by molar-refractivity contribution is -0.179. The highest BCUT2D eigenvalue weighted by Crippen LogP contribution is 2.54. The molecule has 1 aromatic rings. The summed E-state index contributed by atoms with van der Waals surface area (Å²) in [5.41, 5.74) is -0.588. The third-order valence-electron chi connectivity index (χ3n) is 3.18. The van der Waals surface area contributed by atoms with Crippen molar-refractivity contribution in [2.75, 3.05) is 6.61 Å². The minimum Gasteiger partial charge on any atom is -0.465 e. The molecule has 2 nitrogen and oxygen atoms in total. The molecule has 0 amide bonds. The molecule has 0 radical (unpaired) electrons. The van der Waals surface area contributed by atoms with Crippen LogP contribution in [0.1, 0.15) is 25.3 Å².